The van der Waals surface area contributed by atoms with Crippen LogP contribution in [0.3, 0.4) is 0 Å². The van der Waals surface area contributed by atoms with E-state index in [0.29, 0.717) is 0 Å². The number of nitrogens with zero attached hydrogens (tertiary/aromatic N) is 3. The number of aromatic nitrogens is 2. The molecule has 67 heavy (non-hydrogen) atoms. The molecule has 0 saturated heterocycles. The number of hydrogen-bond donors (Lipinski definition) is 1. The first-order chi connectivity index (χ1) is 31.4. The van der Waals surface area contributed by atoms with Crippen molar-refractivity contribution in [1.82, 2.24) is 9.13 Å². The largest absolute Gasteiger partial charge is 0.414 e. The standard InChI is InChI=1S/C60H82N3OPSi2/c1-44(2)51-36-27-37-52(45(3)4)55(51)62-40-41-63(56-53(46(5)6)38-28-39-54(56)47(7)8)57(62)61-66(64,67(58(9,10)11,59(12,13)14)60(15,16)17)43-29-42-65(48-30-21-18-22-31-48,49-32-23-19-24-33-49)50-34-25-20-26-35-50/h18-47,64H,1-17H3/b43-29+/t66-/m0/s1. The summed E-state index contributed by atoms with van der Waals surface area (Å²) in [5.41, 5.74) is 10.5. The normalized spacial score (nSPS) is 14.1. The van der Waals surface area contributed by atoms with Gasteiger partial charge in [0.25, 0.3) is 0 Å². The summed E-state index contributed by atoms with van der Waals surface area (Å²) in [5.74, 6) is 3.51. The van der Waals surface area contributed by atoms with Crippen molar-refractivity contribution in [3.05, 3.63) is 179 Å². The Hall–Kier alpha value is -4.46. The summed E-state index contributed by atoms with van der Waals surface area (Å²) in [6, 6.07) is 46.7. The third-order valence-electron chi connectivity index (χ3n) is 14.3. The van der Waals surface area contributed by atoms with Crippen LogP contribution < -0.4 is 21.5 Å². The summed E-state index contributed by atoms with van der Waals surface area (Å²) in [6.45, 7) is 37.6. The molecule has 6 rings (SSSR count). The van der Waals surface area contributed by atoms with Crippen LogP contribution >= 0.6 is 6.89 Å². The average Bonchev–Trinajstić information content (AvgIpc) is 3.65. The van der Waals surface area contributed by atoms with Crippen LogP contribution in [0.4, 0.5) is 0 Å². The summed E-state index contributed by atoms with van der Waals surface area (Å²) in [4.78, 5) is 15.1. The molecule has 1 heterocycles. The van der Waals surface area contributed by atoms with Gasteiger partial charge in [-0.15, -0.1) is 0 Å². The number of allylic oxidation sites excluding steroid dienone is 1. The summed E-state index contributed by atoms with van der Waals surface area (Å²) in [7, 11) is -7.15. The van der Waals surface area contributed by atoms with Gasteiger partial charge in [-0.3, -0.25) is 13.8 Å². The van der Waals surface area contributed by atoms with Gasteiger partial charge in [0, 0.05) is 12.4 Å². The molecule has 7 heteroatoms. The van der Waals surface area contributed by atoms with Crippen LogP contribution in [-0.2, 0) is 0 Å². The van der Waals surface area contributed by atoms with E-state index in [-0.39, 0.29) is 38.8 Å². The molecular weight excluding hydrogens is 866 g/mol. The van der Waals surface area contributed by atoms with Gasteiger partial charge in [-0.1, -0.05) is 263 Å². The highest BCUT2D eigenvalue weighted by atomic mass is 31.2. The van der Waals surface area contributed by atoms with E-state index < -0.39 is 22.5 Å². The molecule has 0 bridgehead atoms. The Balaban J connectivity index is 1.93. The minimum absolute atomic E-state index is 0.260. The van der Waals surface area contributed by atoms with E-state index in [0.717, 1.165) is 5.62 Å². The van der Waals surface area contributed by atoms with Crippen molar-refractivity contribution in [2.45, 2.75) is 156 Å². The second-order valence-electron chi connectivity index (χ2n) is 23.1. The molecule has 0 unspecified atom stereocenters. The number of benzene rings is 5. The molecule has 1 aromatic heterocycles. The fourth-order valence-corrected chi connectivity index (χ4v) is 39.9. The van der Waals surface area contributed by atoms with Gasteiger partial charge in [0.1, 0.15) is 7.59 Å². The average molecular weight is 948 g/mol. The summed E-state index contributed by atoms with van der Waals surface area (Å²) >= 11 is 0. The van der Waals surface area contributed by atoms with Crippen molar-refractivity contribution in [1.29, 1.82) is 0 Å². The third-order valence-corrected chi connectivity index (χ3v) is 38.2. The molecule has 0 saturated carbocycles. The predicted molar refractivity (Wildman–Crippen MR) is 300 cm³/mol. The van der Waals surface area contributed by atoms with Crippen molar-refractivity contribution in [3.8, 4) is 11.4 Å². The Labute approximate surface area is 408 Å². The molecule has 0 spiro atoms. The number of rotatable bonds is 13. The molecule has 5 aromatic carbocycles. The van der Waals surface area contributed by atoms with Gasteiger partial charge in [-0.25, -0.2) is 0 Å². The molecular formula is C60H82N3OPSi2. The van der Waals surface area contributed by atoms with Crippen LogP contribution in [0.25, 0.3) is 11.4 Å². The first-order valence-electron chi connectivity index (χ1n) is 24.8. The zero-order chi connectivity index (χ0) is 49.3. The lowest BCUT2D eigenvalue weighted by atomic mass is 9.92. The van der Waals surface area contributed by atoms with Crippen molar-refractivity contribution in [2.24, 2.45) is 4.66 Å². The Morgan fingerprint density at radius 3 is 1.03 bits per heavy atom. The van der Waals surface area contributed by atoms with Crippen LogP contribution in [0.1, 0.15) is 164 Å². The second kappa shape index (κ2) is 19.9. The van der Waals surface area contributed by atoms with Crippen molar-refractivity contribution in [2.75, 3.05) is 0 Å². The van der Waals surface area contributed by atoms with E-state index in [2.05, 4.69) is 284 Å². The van der Waals surface area contributed by atoms with Gasteiger partial charge in [0.15, 0.2) is 0 Å². The van der Waals surface area contributed by atoms with Crippen LogP contribution in [-0.4, -0.2) is 35.3 Å². The molecule has 4 nitrogen and oxygen atoms in total. The fourth-order valence-electron chi connectivity index (χ4n) is 12.8. The highest BCUT2D eigenvalue weighted by molar-refractivity contribution is 7.94. The van der Waals surface area contributed by atoms with Crippen LogP contribution in [0, 0.1) is 0 Å². The quantitative estimate of drug-likeness (QED) is 0.0910. The highest BCUT2D eigenvalue weighted by Gasteiger charge is 2.72. The Bertz CT molecular complexity index is 2500. The summed E-state index contributed by atoms with van der Waals surface area (Å²) < 4.78 is 11.0. The minimum Gasteiger partial charge on any atom is -0.414 e. The summed E-state index contributed by atoms with van der Waals surface area (Å²) in [5, 5.41) is 2.99. The van der Waals surface area contributed by atoms with E-state index >= 15 is 4.80 Å². The van der Waals surface area contributed by atoms with E-state index in [1.165, 1.54) is 49.5 Å². The lowest BCUT2D eigenvalue weighted by Crippen LogP contribution is -2.76. The van der Waals surface area contributed by atoms with Crippen molar-refractivity contribution < 1.29 is 4.80 Å². The van der Waals surface area contributed by atoms with Gasteiger partial charge in [-0.2, -0.15) is 0 Å². The molecule has 0 amide bonds. The zero-order valence-corrected chi connectivity index (χ0v) is 47.0. The van der Waals surface area contributed by atoms with Gasteiger partial charge in [-0.05, 0) is 83.8 Å². The smallest absolute Gasteiger partial charge is 0.328 e. The first kappa shape index (κ1) is 51.9. The Morgan fingerprint density at radius 2 is 0.761 bits per heavy atom. The van der Waals surface area contributed by atoms with Crippen molar-refractivity contribution >= 4 is 44.2 Å². The maximum absolute atomic E-state index is 15.1. The van der Waals surface area contributed by atoms with Crippen LogP contribution in [0.15, 0.2) is 156 Å². The number of imidazole rings is 1. The number of hydrogen-bond acceptors (Lipinski definition) is 2. The predicted octanol–water partition coefficient (Wildman–Crippen LogP) is 14.9. The first-order valence-corrected chi connectivity index (χ1v) is 31.6. The fraction of sp³-hybridized carbons (Fsp3) is 0.400. The lowest BCUT2D eigenvalue weighted by Gasteiger charge is -2.62. The minimum atomic E-state index is -4.02. The molecule has 1 atom stereocenters. The molecule has 0 fully saturated rings. The zero-order valence-electron chi connectivity index (χ0n) is 44.1. The molecule has 0 aliphatic carbocycles. The SMILES string of the molecule is CC(C)c1cccc(C(C)C)c1-n1ccn(-c2c(C(C)C)cccc2C(C)C)c1=N[Si@](O)(/C=C/C=P(c1ccccc1)(c1ccccc1)c1ccccc1)[Si](C(C)(C)C)(C(C)(C)C)C(C)(C)C. The Morgan fingerprint density at radius 1 is 0.463 bits per heavy atom. The molecule has 0 aliphatic rings. The highest BCUT2D eigenvalue weighted by Crippen LogP contribution is 2.65. The second-order valence-corrected chi connectivity index (χ2v) is 38.9. The van der Waals surface area contributed by atoms with Crippen molar-refractivity contribution in [3.63, 3.8) is 0 Å². The number of para-hydroxylation sites is 2. The van der Waals surface area contributed by atoms with E-state index in [4.69, 9.17) is 4.66 Å². The van der Waals surface area contributed by atoms with Gasteiger partial charge >= 0.3 is 8.00 Å². The molecule has 0 aliphatic heterocycles. The third kappa shape index (κ3) is 9.50. The maximum Gasteiger partial charge on any atom is 0.328 e. The molecule has 0 radical (unpaired) electrons. The summed E-state index contributed by atoms with van der Waals surface area (Å²) in [6.07, 6.45) is 6.76. The van der Waals surface area contributed by atoms with E-state index in [1.54, 1.807) is 0 Å². The lowest BCUT2D eigenvalue weighted by molar-refractivity contribution is 0.507. The van der Waals surface area contributed by atoms with Crippen LogP contribution in [0.2, 0.25) is 15.1 Å². The topological polar surface area (TPSA) is 42.5 Å². The van der Waals surface area contributed by atoms with Gasteiger partial charge in [0.05, 0.1) is 11.4 Å². The van der Waals surface area contributed by atoms with Gasteiger partial charge in [0.2, 0.25) is 5.62 Å². The van der Waals surface area contributed by atoms with E-state index in [9.17, 15) is 0 Å². The van der Waals surface area contributed by atoms with Crippen LogP contribution in [0.5, 0.6) is 0 Å². The van der Waals surface area contributed by atoms with E-state index in [1.807, 2.05) is 0 Å². The molecule has 356 valence electrons. The van der Waals surface area contributed by atoms with Gasteiger partial charge < -0.3 is 4.80 Å². The maximum atomic E-state index is 15.1. The molecule has 1 N–H and O–H groups in total. The molecule has 6 aromatic rings. The monoisotopic (exact) mass is 948 g/mol. The Kier molecular flexibility index (Phi) is 15.4.